The second kappa shape index (κ2) is 7.65. The Bertz CT molecular complexity index is 797. The maximum absolute atomic E-state index is 13.0. The van der Waals surface area contributed by atoms with Gasteiger partial charge in [0.05, 0.1) is 17.8 Å². The molecule has 0 aliphatic carbocycles. The van der Waals surface area contributed by atoms with Crippen LogP contribution in [-0.4, -0.2) is 36.0 Å². The fourth-order valence-electron chi connectivity index (χ4n) is 2.61. The average Bonchev–Trinajstić information content (AvgIpc) is 2.64. The lowest BCUT2D eigenvalue weighted by Crippen LogP contribution is -2.50. The van der Waals surface area contributed by atoms with Gasteiger partial charge in [-0.1, -0.05) is 19.1 Å². The van der Waals surface area contributed by atoms with Crippen molar-refractivity contribution < 1.29 is 14.3 Å². The monoisotopic (exact) mass is 403 g/mol. The van der Waals surface area contributed by atoms with Crippen LogP contribution in [-0.2, 0) is 4.79 Å². The van der Waals surface area contributed by atoms with Crippen molar-refractivity contribution in [3.05, 3.63) is 52.8 Å². The second-order valence-corrected chi connectivity index (χ2v) is 6.59. The SMILES string of the molecule is CCCNC(=O)[C@H]1CN(C(=O)c2cncc(Br)c2)c2ccccc2O1. The number of nitrogens with one attached hydrogen (secondary N) is 1. The molecule has 1 atom stereocenters. The van der Waals surface area contributed by atoms with Gasteiger partial charge in [-0.05, 0) is 40.5 Å². The largest absolute Gasteiger partial charge is 0.477 e. The van der Waals surface area contributed by atoms with Crippen LogP contribution in [0, 0.1) is 0 Å². The van der Waals surface area contributed by atoms with Crippen LogP contribution in [0.4, 0.5) is 5.69 Å². The number of amides is 2. The molecule has 3 rings (SSSR count). The lowest BCUT2D eigenvalue weighted by atomic mass is 10.1. The fraction of sp³-hybridized carbons (Fsp3) is 0.278. The quantitative estimate of drug-likeness (QED) is 0.851. The molecule has 0 spiro atoms. The number of benzene rings is 1. The van der Waals surface area contributed by atoms with E-state index in [1.54, 1.807) is 29.3 Å². The summed E-state index contributed by atoms with van der Waals surface area (Å²) >= 11 is 3.33. The first-order valence-corrected chi connectivity index (χ1v) is 8.85. The number of carbonyl (C=O) groups excluding carboxylic acids is 2. The van der Waals surface area contributed by atoms with E-state index in [9.17, 15) is 9.59 Å². The van der Waals surface area contributed by atoms with Gasteiger partial charge in [0.25, 0.3) is 11.8 Å². The molecule has 25 heavy (non-hydrogen) atoms. The number of para-hydroxylation sites is 2. The summed E-state index contributed by atoms with van der Waals surface area (Å²) in [4.78, 5) is 30.9. The van der Waals surface area contributed by atoms with E-state index in [2.05, 4.69) is 26.2 Å². The number of nitrogens with zero attached hydrogens (tertiary/aromatic N) is 2. The van der Waals surface area contributed by atoms with Gasteiger partial charge in [0.1, 0.15) is 5.75 Å². The van der Waals surface area contributed by atoms with E-state index in [0.29, 0.717) is 23.5 Å². The maximum atomic E-state index is 13.0. The Morgan fingerprint density at radius 3 is 2.92 bits per heavy atom. The van der Waals surface area contributed by atoms with Crippen molar-refractivity contribution in [2.75, 3.05) is 18.0 Å². The molecule has 2 heterocycles. The van der Waals surface area contributed by atoms with Gasteiger partial charge in [-0.3, -0.25) is 14.6 Å². The number of carbonyl (C=O) groups is 2. The van der Waals surface area contributed by atoms with E-state index in [1.165, 1.54) is 6.20 Å². The molecule has 0 radical (unpaired) electrons. The molecule has 0 saturated heterocycles. The van der Waals surface area contributed by atoms with Gasteiger partial charge < -0.3 is 15.0 Å². The molecule has 6 nitrogen and oxygen atoms in total. The Morgan fingerprint density at radius 2 is 2.16 bits per heavy atom. The third-order valence-electron chi connectivity index (χ3n) is 3.81. The molecule has 2 amide bonds. The Balaban J connectivity index is 1.91. The molecule has 1 aliphatic heterocycles. The predicted octanol–water partition coefficient (Wildman–Crippen LogP) is 2.78. The van der Waals surface area contributed by atoms with E-state index in [-0.39, 0.29) is 18.4 Å². The first-order valence-electron chi connectivity index (χ1n) is 8.06. The van der Waals surface area contributed by atoms with Gasteiger partial charge in [0.15, 0.2) is 6.10 Å². The minimum atomic E-state index is -0.745. The van der Waals surface area contributed by atoms with E-state index in [4.69, 9.17) is 4.74 Å². The number of aromatic nitrogens is 1. The zero-order valence-corrected chi connectivity index (χ0v) is 15.3. The molecule has 0 unspecified atom stereocenters. The van der Waals surface area contributed by atoms with Gasteiger partial charge in [-0.25, -0.2) is 0 Å². The standard InChI is InChI=1S/C18H18BrN3O3/c1-2-7-21-17(23)16-11-22(14-5-3-4-6-15(14)25-16)18(24)12-8-13(19)10-20-9-12/h3-6,8-10,16H,2,7,11H2,1H3,(H,21,23)/t16-/m1/s1. The first-order chi connectivity index (χ1) is 12.1. The van der Waals surface area contributed by atoms with Crippen molar-refractivity contribution >= 4 is 33.4 Å². The van der Waals surface area contributed by atoms with Crippen molar-refractivity contribution in [2.45, 2.75) is 19.4 Å². The molecule has 130 valence electrons. The van der Waals surface area contributed by atoms with Crippen LogP contribution in [0.3, 0.4) is 0 Å². The molecular formula is C18H18BrN3O3. The Kier molecular flexibility index (Phi) is 5.33. The highest BCUT2D eigenvalue weighted by atomic mass is 79.9. The minimum absolute atomic E-state index is 0.151. The molecule has 7 heteroatoms. The van der Waals surface area contributed by atoms with Gasteiger partial charge in [0.2, 0.25) is 0 Å². The zero-order chi connectivity index (χ0) is 17.8. The van der Waals surface area contributed by atoms with E-state index < -0.39 is 6.10 Å². The Hall–Kier alpha value is -2.41. The molecule has 1 N–H and O–H groups in total. The summed E-state index contributed by atoms with van der Waals surface area (Å²) in [5.41, 5.74) is 1.09. The highest BCUT2D eigenvalue weighted by Crippen LogP contribution is 2.34. The fourth-order valence-corrected chi connectivity index (χ4v) is 2.97. The summed E-state index contributed by atoms with van der Waals surface area (Å²) in [6.07, 6.45) is 3.22. The smallest absolute Gasteiger partial charge is 0.262 e. The van der Waals surface area contributed by atoms with Crippen molar-refractivity contribution in [2.24, 2.45) is 0 Å². The van der Waals surface area contributed by atoms with Gasteiger partial charge >= 0.3 is 0 Å². The van der Waals surface area contributed by atoms with Crippen molar-refractivity contribution in [3.8, 4) is 5.75 Å². The Labute approximate surface area is 154 Å². The molecule has 1 aromatic carbocycles. The second-order valence-electron chi connectivity index (χ2n) is 5.67. The molecule has 0 fully saturated rings. The van der Waals surface area contributed by atoms with Gasteiger partial charge in [0, 0.05) is 23.4 Å². The van der Waals surface area contributed by atoms with Crippen LogP contribution >= 0.6 is 15.9 Å². The molecule has 0 bridgehead atoms. The highest BCUT2D eigenvalue weighted by Gasteiger charge is 2.34. The normalized spacial score (nSPS) is 15.9. The maximum Gasteiger partial charge on any atom is 0.262 e. The number of hydrogen-bond acceptors (Lipinski definition) is 4. The van der Waals surface area contributed by atoms with Crippen LogP contribution in [0.2, 0.25) is 0 Å². The van der Waals surface area contributed by atoms with Gasteiger partial charge in [-0.15, -0.1) is 0 Å². The number of halogens is 1. The van der Waals surface area contributed by atoms with Crippen molar-refractivity contribution in [1.29, 1.82) is 0 Å². The summed E-state index contributed by atoms with van der Waals surface area (Å²) in [5, 5.41) is 2.82. The lowest BCUT2D eigenvalue weighted by molar-refractivity contribution is -0.127. The predicted molar refractivity (Wildman–Crippen MR) is 97.8 cm³/mol. The number of rotatable bonds is 4. The number of anilines is 1. The highest BCUT2D eigenvalue weighted by molar-refractivity contribution is 9.10. The summed E-state index contributed by atoms with van der Waals surface area (Å²) in [7, 11) is 0. The van der Waals surface area contributed by atoms with Crippen LogP contribution in [0.15, 0.2) is 47.2 Å². The summed E-state index contributed by atoms with van der Waals surface area (Å²) < 4.78 is 6.52. The average molecular weight is 404 g/mol. The minimum Gasteiger partial charge on any atom is -0.477 e. The lowest BCUT2D eigenvalue weighted by Gasteiger charge is -2.34. The van der Waals surface area contributed by atoms with E-state index in [1.807, 2.05) is 19.1 Å². The van der Waals surface area contributed by atoms with Crippen LogP contribution in [0.1, 0.15) is 23.7 Å². The number of ether oxygens (including phenoxy) is 1. The van der Waals surface area contributed by atoms with E-state index in [0.717, 1.165) is 10.9 Å². The first kappa shape index (κ1) is 17.4. The van der Waals surface area contributed by atoms with Crippen LogP contribution in [0.25, 0.3) is 0 Å². The third-order valence-corrected chi connectivity index (χ3v) is 4.25. The van der Waals surface area contributed by atoms with Crippen LogP contribution < -0.4 is 15.0 Å². The molecule has 1 aromatic heterocycles. The zero-order valence-electron chi connectivity index (χ0n) is 13.7. The molecule has 1 aliphatic rings. The summed E-state index contributed by atoms with van der Waals surface area (Å²) in [5.74, 6) is 0.0704. The number of pyridine rings is 1. The van der Waals surface area contributed by atoms with Gasteiger partial charge in [-0.2, -0.15) is 0 Å². The molecule has 2 aromatic rings. The van der Waals surface area contributed by atoms with E-state index >= 15 is 0 Å². The van der Waals surface area contributed by atoms with Crippen LogP contribution in [0.5, 0.6) is 5.75 Å². The number of fused-ring (bicyclic) bond motifs is 1. The Morgan fingerprint density at radius 1 is 1.36 bits per heavy atom. The third kappa shape index (κ3) is 3.82. The topological polar surface area (TPSA) is 71.5 Å². The van der Waals surface area contributed by atoms with Crippen molar-refractivity contribution in [1.82, 2.24) is 10.3 Å². The molecular weight excluding hydrogens is 386 g/mol. The molecule has 0 saturated carbocycles. The number of hydrogen-bond donors (Lipinski definition) is 1. The van der Waals surface area contributed by atoms with Crippen molar-refractivity contribution in [3.63, 3.8) is 0 Å². The summed E-state index contributed by atoms with van der Waals surface area (Å²) in [6.45, 7) is 2.70. The summed E-state index contributed by atoms with van der Waals surface area (Å²) in [6, 6.07) is 8.92.